The number of rotatable bonds is 6. The standard InChI is InChI=1S/C19H14F2O4/c20-19(21,17(24)11-15(22)13-7-3-1-4-8-13)18(25)12-16(23)14-9-5-2-6-10-14/h1-12,22-23H. The van der Waals surface area contributed by atoms with Crippen LogP contribution in [0.25, 0.3) is 11.5 Å². The zero-order chi connectivity index (χ0) is 18.4. The summed E-state index contributed by atoms with van der Waals surface area (Å²) in [6, 6.07) is 15.2. The normalized spacial score (nSPS) is 12.7. The van der Waals surface area contributed by atoms with Crippen molar-refractivity contribution >= 4 is 23.1 Å². The molecule has 0 saturated heterocycles. The second-order valence-corrected chi connectivity index (χ2v) is 5.09. The van der Waals surface area contributed by atoms with Gasteiger partial charge in [-0.25, -0.2) is 0 Å². The summed E-state index contributed by atoms with van der Waals surface area (Å²) < 4.78 is 27.9. The quantitative estimate of drug-likeness (QED) is 0.473. The molecule has 128 valence electrons. The van der Waals surface area contributed by atoms with Gasteiger partial charge in [-0.2, -0.15) is 8.78 Å². The molecule has 0 aliphatic rings. The predicted octanol–water partition coefficient (Wildman–Crippen LogP) is 3.96. The van der Waals surface area contributed by atoms with E-state index in [0.717, 1.165) is 0 Å². The first kappa shape index (κ1) is 18.1. The Labute approximate surface area is 142 Å². The van der Waals surface area contributed by atoms with Gasteiger partial charge in [0.15, 0.2) is 0 Å². The molecule has 0 heterocycles. The molecule has 0 aromatic heterocycles. The number of benzene rings is 2. The molecule has 2 N–H and O–H groups in total. The van der Waals surface area contributed by atoms with Crippen molar-refractivity contribution in [2.45, 2.75) is 5.92 Å². The lowest BCUT2D eigenvalue weighted by molar-refractivity contribution is -0.150. The van der Waals surface area contributed by atoms with E-state index in [-0.39, 0.29) is 11.1 Å². The summed E-state index contributed by atoms with van der Waals surface area (Å²) in [6.07, 6.45) is 0.585. The molecule has 0 atom stereocenters. The zero-order valence-corrected chi connectivity index (χ0v) is 12.9. The number of aliphatic hydroxyl groups is 2. The monoisotopic (exact) mass is 344 g/mol. The Hall–Kier alpha value is -3.28. The molecule has 0 saturated carbocycles. The maximum atomic E-state index is 14.0. The van der Waals surface area contributed by atoms with Gasteiger partial charge in [-0.15, -0.1) is 0 Å². The Morgan fingerprint density at radius 1 is 0.720 bits per heavy atom. The molecule has 0 unspecified atom stereocenters. The Bertz CT molecular complexity index is 756. The second kappa shape index (κ2) is 7.53. The van der Waals surface area contributed by atoms with Gasteiger partial charge in [-0.1, -0.05) is 60.7 Å². The number of ketones is 2. The molecule has 0 aliphatic heterocycles. The first-order valence-electron chi connectivity index (χ1n) is 7.21. The van der Waals surface area contributed by atoms with Crippen molar-refractivity contribution in [3.05, 3.63) is 83.9 Å². The molecular weight excluding hydrogens is 330 g/mol. The average Bonchev–Trinajstić information content (AvgIpc) is 2.62. The van der Waals surface area contributed by atoms with E-state index in [1.165, 1.54) is 24.3 Å². The van der Waals surface area contributed by atoms with Crippen molar-refractivity contribution in [3.8, 4) is 0 Å². The Balaban J connectivity index is 2.22. The summed E-state index contributed by atoms with van der Waals surface area (Å²) in [6.45, 7) is 0. The summed E-state index contributed by atoms with van der Waals surface area (Å²) in [5, 5.41) is 19.5. The number of halogens is 2. The van der Waals surface area contributed by atoms with Gasteiger partial charge in [0.2, 0.25) is 11.6 Å². The van der Waals surface area contributed by atoms with E-state index >= 15 is 0 Å². The van der Waals surface area contributed by atoms with Crippen molar-refractivity contribution in [2.24, 2.45) is 0 Å². The molecule has 0 spiro atoms. The molecule has 0 radical (unpaired) electrons. The van der Waals surface area contributed by atoms with Crippen molar-refractivity contribution in [2.75, 3.05) is 0 Å². The van der Waals surface area contributed by atoms with Crippen LogP contribution in [0, 0.1) is 0 Å². The summed E-state index contributed by atoms with van der Waals surface area (Å²) in [5.41, 5.74) is 0.309. The van der Waals surface area contributed by atoms with Gasteiger partial charge in [0.25, 0.3) is 0 Å². The van der Waals surface area contributed by atoms with Crippen LogP contribution in [0.15, 0.2) is 72.8 Å². The van der Waals surface area contributed by atoms with Gasteiger partial charge in [-0.3, -0.25) is 9.59 Å². The zero-order valence-electron chi connectivity index (χ0n) is 12.9. The van der Waals surface area contributed by atoms with E-state index in [0.29, 0.717) is 12.2 Å². The lowest BCUT2D eigenvalue weighted by Gasteiger charge is -2.10. The van der Waals surface area contributed by atoms with Crippen LogP contribution in [0.2, 0.25) is 0 Å². The molecule has 0 fully saturated rings. The SMILES string of the molecule is O=C(C=C(O)c1ccccc1)C(F)(F)C(=O)C=C(O)c1ccccc1. The summed E-state index contributed by atoms with van der Waals surface area (Å²) in [4.78, 5) is 23.4. The number of hydrogen-bond donors (Lipinski definition) is 2. The minimum atomic E-state index is -4.41. The Kier molecular flexibility index (Phi) is 5.44. The van der Waals surface area contributed by atoms with Crippen LogP contribution >= 0.6 is 0 Å². The van der Waals surface area contributed by atoms with E-state index in [4.69, 9.17) is 0 Å². The van der Waals surface area contributed by atoms with Crippen LogP contribution in [-0.4, -0.2) is 27.7 Å². The smallest absolute Gasteiger partial charge is 0.370 e. The van der Waals surface area contributed by atoms with E-state index in [1.54, 1.807) is 36.4 Å². The molecule has 6 heteroatoms. The van der Waals surface area contributed by atoms with Gasteiger partial charge in [0.05, 0.1) is 0 Å². The number of alkyl halides is 2. The van der Waals surface area contributed by atoms with E-state index in [1.807, 2.05) is 0 Å². The molecule has 4 nitrogen and oxygen atoms in total. The predicted molar refractivity (Wildman–Crippen MR) is 89.1 cm³/mol. The highest BCUT2D eigenvalue weighted by molar-refractivity contribution is 6.19. The highest BCUT2D eigenvalue weighted by Gasteiger charge is 2.44. The third-order valence-electron chi connectivity index (χ3n) is 3.29. The van der Waals surface area contributed by atoms with Crippen LogP contribution in [0.1, 0.15) is 11.1 Å². The number of carbonyl (C=O) groups is 2. The molecule has 0 bridgehead atoms. The highest BCUT2D eigenvalue weighted by atomic mass is 19.3. The van der Waals surface area contributed by atoms with Crippen molar-refractivity contribution in [1.29, 1.82) is 0 Å². The van der Waals surface area contributed by atoms with Gasteiger partial charge in [-0.05, 0) is 0 Å². The molecule has 0 aliphatic carbocycles. The largest absolute Gasteiger partial charge is 0.507 e. The van der Waals surface area contributed by atoms with Crippen LogP contribution in [0.5, 0.6) is 0 Å². The van der Waals surface area contributed by atoms with Crippen molar-refractivity contribution in [1.82, 2.24) is 0 Å². The minimum Gasteiger partial charge on any atom is -0.507 e. The van der Waals surface area contributed by atoms with Gasteiger partial charge in [0, 0.05) is 23.3 Å². The van der Waals surface area contributed by atoms with Gasteiger partial charge in [0.1, 0.15) is 11.5 Å². The highest BCUT2D eigenvalue weighted by Crippen LogP contribution is 2.22. The second-order valence-electron chi connectivity index (χ2n) is 5.09. The average molecular weight is 344 g/mol. The molecule has 2 rings (SSSR count). The van der Waals surface area contributed by atoms with Crippen molar-refractivity contribution in [3.63, 3.8) is 0 Å². The van der Waals surface area contributed by atoms with Gasteiger partial charge >= 0.3 is 5.92 Å². The van der Waals surface area contributed by atoms with Crippen LogP contribution < -0.4 is 0 Å². The first-order chi connectivity index (χ1) is 11.8. The maximum absolute atomic E-state index is 14.0. The molecule has 25 heavy (non-hydrogen) atoms. The topological polar surface area (TPSA) is 74.6 Å². The van der Waals surface area contributed by atoms with E-state index < -0.39 is 29.0 Å². The number of allylic oxidation sites excluding steroid dienone is 2. The van der Waals surface area contributed by atoms with Crippen LogP contribution in [0.4, 0.5) is 8.78 Å². The minimum absolute atomic E-state index is 0.154. The third-order valence-corrected chi connectivity index (χ3v) is 3.29. The Morgan fingerprint density at radius 3 is 1.36 bits per heavy atom. The molecular formula is C19H14F2O4. The fraction of sp³-hybridized carbons (Fsp3) is 0.0526. The maximum Gasteiger partial charge on any atom is 0.370 e. The lowest BCUT2D eigenvalue weighted by Crippen LogP contribution is -2.36. The lowest BCUT2D eigenvalue weighted by atomic mass is 10.0. The summed E-state index contributed by atoms with van der Waals surface area (Å²) in [5.74, 6) is -9.54. The fourth-order valence-corrected chi connectivity index (χ4v) is 1.94. The van der Waals surface area contributed by atoms with E-state index in [9.17, 15) is 28.6 Å². The van der Waals surface area contributed by atoms with E-state index in [2.05, 4.69) is 0 Å². The molecule has 0 amide bonds. The molecule has 2 aromatic rings. The Morgan fingerprint density at radius 2 is 1.04 bits per heavy atom. The number of hydrogen-bond acceptors (Lipinski definition) is 4. The van der Waals surface area contributed by atoms with Gasteiger partial charge < -0.3 is 10.2 Å². The van der Waals surface area contributed by atoms with Crippen molar-refractivity contribution < 1.29 is 28.6 Å². The summed E-state index contributed by atoms with van der Waals surface area (Å²) in [7, 11) is 0. The molecule has 2 aromatic carbocycles. The number of aliphatic hydroxyl groups excluding tert-OH is 2. The first-order valence-corrected chi connectivity index (χ1v) is 7.21. The number of carbonyl (C=O) groups excluding carboxylic acids is 2. The van der Waals surface area contributed by atoms with Crippen LogP contribution in [-0.2, 0) is 9.59 Å². The van der Waals surface area contributed by atoms with Crippen LogP contribution in [0.3, 0.4) is 0 Å². The summed E-state index contributed by atoms with van der Waals surface area (Å²) >= 11 is 0. The third kappa shape index (κ3) is 4.38. The fourth-order valence-electron chi connectivity index (χ4n) is 1.94.